The van der Waals surface area contributed by atoms with Crippen molar-refractivity contribution < 1.29 is 23.5 Å². The molecule has 5 rings (SSSR count). The van der Waals surface area contributed by atoms with Crippen LogP contribution in [0.15, 0.2) is 54.6 Å². The first-order valence-corrected chi connectivity index (χ1v) is 15.2. The van der Waals surface area contributed by atoms with Crippen molar-refractivity contribution in [3.05, 3.63) is 76.0 Å². The maximum Gasteiger partial charge on any atom is 0.325 e. The molecule has 3 aromatic carbocycles. The van der Waals surface area contributed by atoms with Crippen LogP contribution in [0.3, 0.4) is 0 Å². The van der Waals surface area contributed by atoms with Gasteiger partial charge in [-0.2, -0.15) is 0 Å². The molecule has 2 amide bonds. The van der Waals surface area contributed by atoms with Crippen LogP contribution >= 0.6 is 23.2 Å². The summed E-state index contributed by atoms with van der Waals surface area (Å²) in [6, 6.07) is 13.8. The fraction of sp³-hybridized carbons (Fsp3) is 0.364. The average molecular weight is 642 g/mol. The highest BCUT2D eigenvalue weighted by Gasteiger charge is 2.60. The Bertz CT molecular complexity index is 1610. The third kappa shape index (κ3) is 6.27. The highest BCUT2D eigenvalue weighted by Crippen LogP contribution is 2.54. The van der Waals surface area contributed by atoms with Crippen LogP contribution in [0.1, 0.15) is 46.1 Å². The molecule has 3 aromatic rings. The molecule has 11 heteroatoms. The molecule has 2 aliphatic rings. The minimum Gasteiger partial charge on any atom is -0.465 e. The van der Waals surface area contributed by atoms with Crippen LogP contribution in [0, 0.1) is 11.2 Å². The number of anilines is 3. The molecule has 2 aliphatic heterocycles. The van der Waals surface area contributed by atoms with Crippen LogP contribution in [-0.4, -0.2) is 43.0 Å². The lowest BCUT2D eigenvalue weighted by Crippen LogP contribution is -2.48. The van der Waals surface area contributed by atoms with Gasteiger partial charge in [0, 0.05) is 39.3 Å². The van der Waals surface area contributed by atoms with Crippen molar-refractivity contribution in [2.45, 2.75) is 58.0 Å². The summed E-state index contributed by atoms with van der Waals surface area (Å²) in [6.07, 6.45) is 0.707. The van der Waals surface area contributed by atoms with Gasteiger partial charge in [-0.25, -0.2) is 4.39 Å². The van der Waals surface area contributed by atoms with E-state index in [4.69, 9.17) is 27.9 Å². The van der Waals surface area contributed by atoms with Gasteiger partial charge in [-0.3, -0.25) is 14.4 Å². The standard InChI is InChI=1S/C33H35Cl2FN4O4/c1-5-44-27(41)17-37-19-9-11-20(12-10-19)38-30(42)25-15-33(26(39-25)16-32(2,3)4)28-22(21-7-6-8-23(35)29(21)36)13-18(34)14-24(28)40-31(33)43/h6-14,25-26,37,39H,5,15-17H2,1-4H3,(H,38,42)(H,40,43)/t25-,26+,33?/m1/s1. The lowest BCUT2D eigenvalue weighted by Gasteiger charge is -2.34. The highest BCUT2D eigenvalue weighted by atomic mass is 35.5. The number of nitrogens with one attached hydrogen (secondary N) is 4. The lowest BCUT2D eigenvalue weighted by atomic mass is 9.68. The van der Waals surface area contributed by atoms with Crippen molar-refractivity contribution in [2.75, 3.05) is 29.1 Å². The molecule has 0 bridgehead atoms. The van der Waals surface area contributed by atoms with E-state index in [0.717, 1.165) is 0 Å². The molecule has 0 aromatic heterocycles. The third-order valence-corrected chi connectivity index (χ3v) is 8.51. The monoisotopic (exact) mass is 640 g/mol. The summed E-state index contributed by atoms with van der Waals surface area (Å²) < 4.78 is 20.4. The van der Waals surface area contributed by atoms with Gasteiger partial charge in [0.2, 0.25) is 11.8 Å². The van der Waals surface area contributed by atoms with Crippen LogP contribution in [0.25, 0.3) is 11.1 Å². The van der Waals surface area contributed by atoms with Crippen molar-refractivity contribution >= 4 is 58.0 Å². The number of benzene rings is 3. The number of carbonyl (C=O) groups excluding carboxylic acids is 3. The number of rotatable bonds is 8. The van der Waals surface area contributed by atoms with Crippen molar-refractivity contribution in [3.63, 3.8) is 0 Å². The molecule has 1 saturated heterocycles. The van der Waals surface area contributed by atoms with Gasteiger partial charge in [-0.05, 0) is 73.2 Å². The Morgan fingerprint density at radius 2 is 1.77 bits per heavy atom. The van der Waals surface area contributed by atoms with E-state index in [9.17, 15) is 14.4 Å². The molecular formula is C33H35Cl2FN4O4. The zero-order chi connectivity index (χ0) is 31.8. The van der Waals surface area contributed by atoms with Gasteiger partial charge in [0.15, 0.2) is 0 Å². The first-order chi connectivity index (χ1) is 20.8. The molecule has 0 saturated carbocycles. The number of amides is 2. The zero-order valence-electron chi connectivity index (χ0n) is 24.9. The smallest absolute Gasteiger partial charge is 0.325 e. The van der Waals surface area contributed by atoms with Crippen LogP contribution in [0.5, 0.6) is 0 Å². The Morgan fingerprint density at radius 3 is 2.45 bits per heavy atom. The quantitative estimate of drug-likeness (QED) is 0.202. The van der Waals surface area contributed by atoms with E-state index >= 15 is 4.39 Å². The molecule has 1 spiro atoms. The fourth-order valence-electron chi connectivity index (χ4n) is 6.19. The summed E-state index contributed by atoms with van der Waals surface area (Å²) in [7, 11) is 0. The van der Waals surface area contributed by atoms with Gasteiger partial charge < -0.3 is 26.0 Å². The molecule has 0 aliphatic carbocycles. The molecule has 44 heavy (non-hydrogen) atoms. The van der Waals surface area contributed by atoms with Crippen molar-refractivity contribution in [1.29, 1.82) is 0 Å². The first kappa shape index (κ1) is 31.8. The largest absolute Gasteiger partial charge is 0.465 e. The zero-order valence-corrected chi connectivity index (χ0v) is 26.5. The van der Waals surface area contributed by atoms with E-state index in [1.807, 2.05) is 0 Å². The topological polar surface area (TPSA) is 109 Å². The van der Waals surface area contributed by atoms with Gasteiger partial charge in [0.05, 0.1) is 23.1 Å². The first-order valence-electron chi connectivity index (χ1n) is 14.5. The summed E-state index contributed by atoms with van der Waals surface area (Å²) in [4.78, 5) is 39.3. The van der Waals surface area contributed by atoms with Crippen LogP contribution < -0.4 is 21.3 Å². The van der Waals surface area contributed by atoms with Gasteiger partial charge >= 0.3 is 5.97 Å². The summed E-state index contributed by atoms with van der Waals surface area (Å²) in [5, 5.41) is 12.7. The van der Waals surface area contributed by atoms with Crippen LogP contribution in [0.2, 0.25) is 10.0 Å². The Morgan fingerprint density at radius 1 is 1.07 bits per heavy atom. The minimum absolute atomic E-state index is 0.0264. The van der Waals surface area contributed by atoms with E-state index in [2.05, 4.69) is 42.0 Å². The van der Waals surface area contributed by atoms with E-state index < -0.39 is 23.3 Å². The van der Waals surface area contributed by atoms with Crippen molar-refractivity contribution in [2.24, 2.45) is 5.41 Å². The summed E-state index contributed by atoms with van der Waals surface area (Å²) in [6.45, 7) is 8.28. The van der Waals surface area contributed by atoms with Crippen LogP contribution in [-0.2, 0) is 24.5 Å². The van der Waals surface area contributed by atoms with Crippen molar-refractivity contribution in [3.8, 4) is 11.1 Å². The molecule has 1 fully saturated rings. The molecule has 0 radical (unpaired) electrons. The maximum atomic E-state index is 15.4. The summed E-state index contributed by atoms with van der Waals surface area (Å²) in [5.41, 5.74) is 1.63. The van der Waals surface area contributed by atoms with E-state index in [1.165, 1.54) is 6.07 Å². The predicted molar refractivity (Wildman–Crippen MR) is 172 cm³/mol. The molecule has 3 atom stereocenters. The van der Waals surface area contributed by atoms with Gasteiger partial charge in [0.25, 0.3) is 0 Å². The Labute approximate surface area is 266 Å². The number of hydrogen-bond acceptors (Lipinski definition) is 6. The second kappa shape index (κ2) is 12.4. The maximum absolute atomic E-state index is 15.4. The molecule has 2 heterocycles. The number of carbonyl (C=O) groups is 3. The van der Waals surface area contributed by atoms with Crippen LogP contribution in [0.4, 0.5) is 21.5 Å². The SMILES string of the molecule is CCOC(=O)CNc1ccc(NC(=O)[C@H]2CC3(C(=O)Nc4cc(Cl)cc(-c5cccc(Cl)c5F)c43)[C@H](CC(C)(C)C)N2)cc1. The van der Waals surface area contributed by atoms with E-state index in [1.54, 1.807) is 55.5 Å². The Hall–Kier alpha value is -3.66. The fourth-order valence-corrected chi connectivity index (χ4v) is 6.59. The van der Waals surface area contributed by atoms with Gasteiger partial charge in [-0.1, -0.05) is 56.1 Å². The normalized spacial score (nSPS) is 20.8. The number of esters is 1. The number of fused-ring (bicyclic) bond motifs is 2. The summed E-state index contributed by atoms with van der Waals surface area (Å²) >= 11 is 12.6. The Balaban J connectivity index is 1.47. The van der Waals surface area contributed by atoms with E-state index in [-0.39, 0.29) is 46.8 Å². The second-order valence-corrected chi connectivity index (χ2v) is 13.2. The van der Waals surface area contributed by atoms with Gasteiger partial charge in [-0.15, -0.1) is 0 Å². The average Bonchev–Trinajstić information content (AvgIpc) is 3.45. The predicted octanol–water partition coefficient (Wildman–Crippen LogP) is 6.77. The van der Waals surface area contributed by atoms with Crippen molar-refractivity contribution in [1.82, 2.24) is 5.32 Å². The van der Waals surface area contributed by atoms with E-state index in [0.29, 0.717) is 46.2 Å². The van der Waals surface area contributed by atoms with Gasteiger partial charge in [0.1, 0.15) is 12.4 Å². The third-order valence-electron chi connectivity index (χ3n) is 8.00. The number of halogens is 3. The number of hydrogen-bond donors (Lipinski definition) is 4. The summed E-state index contributed by atoms with van der Waals surface area (Å²) in [5.74, 6) is -1.55. The molecule has 232 valence electrons. The molecule has 8 nitrogen and oxygen atoms in total. The molecule has 4 N–H and O–H groups in total. The molecular weight excluding hydrogens is 606 g/mol. The Kier molecular flexibility index (Phi) is 8.94. The minimum atomic E-state index is -1.18. The highest BCUT2D eigenvalue weighted by molar-refractivity contribution is 6.32. The second-order valence-electron chi connectivity index (χ2n) is 12.4. The number of ether oxygens (including phenoxy) is 1. The molecule has 1 unspecified atom stereocenters. The lowest BCUT2D eigenvalue weighted by molar-refractivity contribution is -0.141.